The molecule has 2 heterocycles. The summed E-state index contributed by atoms with van der Waals surface area (Å²) in [6, 6.07) is 10.1. The second kappa shape index (κ2) is 6.31. The lowest BCUT2D eigenvalue weighted by Crippen LogP contribution is -2.21. The van der Waals surface area contributed by atoms with E-state index in [4.69, 9.17) is 4.52 Å². The average molecular weight is 369 g/mol. The minimum Gasteiger partial charge on any atom is -0.506 e. The highest BCUT2D eigenvalue weighted by molar-refractivity contribution is 5.90. The molecule has 0 atom stereocenters. The van der Waals surface area contributed by atoms with Gasteiger partial charge in [-0.25, -0.2) is 8.78 Å². The standard InChI is InChI=1S/C19H13F2N3O3/c1-2-24-14-6-4-3-5-11(14)16(25)15(19(24)26)18-22-17(23-27-18)10-7-8-12(20)13(21)9-10/h3-9,25H,2H2,1H3. The van der Waals surface area contributed by atoms with Gasteiger partial charge in [0.05, 0.1) is 5.52 Å². The molecule has 2 aromatic carbocycles. The van der Waals surface area contributed by atoms with E-state index in [9.17, 15) is 18.7 Å². The zero-order valence-corrected chi connectivity index (χ0v) is 14.1. The van der Waals surface area contributed by atoms with E-state index in [1.54, 1.807) is 31.2 Å². The number of aromatic hydroxyl groups is 1. The van der Waals surface area contributed by atoms with Crippen molar-refractivity contribution in [2.45, 2.75) is 13.5 Å². The summed E-state index contributed by atoms with van der Waals surface area (Å²) in [4.78, 5) is 16.9. The van der Waals surface area contributed by atoms with Crippen molar-refractivity contribution in [1.29, 1.82) is 0 Å². The van der Waals surface area contributed by atoms with Gasteiger partial charge in [0.2, 0.25) is 5.82 Å². The van der Waals surface area contributed by atoms with Gasteiger partial charge in [-0.1, -0.05) is 17.3 Å². The van der Waals surface area contributed by atoms with E-state index in [1.807, 2.05) is 0 Å². The smallest absolute Gasteiger partial charge is 0.267 e. The first kappa shape index (κ1) is 16.9. The quantitative estimate of drug-likeness (QED) is 0.595. The Morgan fingerprint density at radius 2 is 1.93 bits per heavy atom. The number of benzene rings is 2. The lowest BCUT2D eigenvalue weighted by atomic mass is 10.1. The highest BCUT2D eigenvalue weighted by Crippen LogP contribution is 2.33. The molecule has 2 aromatic heterocycles. The van der Waals surface area contributed by atoms with Crippen LogP contribution in [0, 0.1) is 11.6 Å². The van der Waals surface area contributed by atoms with Gasteiger partial charge in [-0.05, 0) is 37.3 Å². The molecule has 4 rings (SSSR count). The molecule has 8 heteroatoms. The van der Waals surface area contributed by atoms with Crippen LogP contribution < -0.4 is 5.56 Å². The van der Waals surface area contributed by atoms with E-state index in [2.05, 4.69) is 10.1 Å². The van der Waals surface area contributed by atoms with Crippen LogP contribution in [0.2, 0.25) is 0 Å². The average Bonchev–Trinajstić information content (AvgIpc) is 3.14. The van der Waals surface area contributed by atoms with Crippen molar-refractivity contribution in [3.8, 4) is 28.6 Å². The SMILES string of the molecule is CCn1c(=O)c(-c2nc(-c3ccc(F)c(F)c3)no2)c(O)c2ccccc21. The molecule has 0 aliphatic rings. The summed E-state index contributed by atoms with van der Waals surface area (Å²) in [6.07, 6.45) is 0. The predicted octanol–water partition coefficient (Wildman–Crippen LogP) is 3.72. The Bertz CT molecular complexity index is 1230. The second-order valence-electron chi connectivity index (χ2n) is 5.84. The van der Waals surface area contributed by atoms with Crippen molar-refractivity contribution in [3.63, 3.8) is 0 Å². The molecule has 0 saturated carbocycles. The van der Waals surface area contributed by atoms with E-state index in [1.165, 1.54) is 10.6 Å². The number of nitrogens with zero attached hydrogens (tertiary/aromatic N) is 3. The second-order valence-corrected chi connectivity index (χ2v) is 5.84. The summed E-state index contributed by atoms with van der Waals surface area (Å²) >= 11 is 0. The maximum atomic E-state index is 13.4. The summed E-state index contributed by atoms with van der Waals surface area (Å²) in [5.41, 5.74) is 0.123. The Kier molecular flexibility index (Phi) is 3.95. The zero-order chi connectivity index (χ0) is 19.1. The Hall–Kier alpha value is -3.55. The number of fused-ring (bicyclic) bond motifs is 1. The molecular formula is C19H13F2N3O3. The molecule has 136 valence electrons. The fourth-order valence-corrected chi connectivity index (χ4v) is 2.97. The fourth-order valence-electron chi connectivity index (χ4n) is 2.97. The van der Waals surface area contributed by atoms with Crippen molar-refractivity contribution in [3.05, 3.63) is 64.5 Å². The largest absolute Gasteiger partial charge is 0.506 e. The molecule has 1 N–H and O–H groups in total. The van der Waals surface area contributed by atoms with Gasteiger partial charge in [0.1, 0.15) is 11.3 Å². The molecule has 4 aromatic rings. The molecule has 0 aliphatic heterocycles. The summed E-state index contributed by atoms with van der Waals surface area (Å²) in [5, 5.41) is 14.8. The molecule has 0 unspecified atom stereocenters. The fraction of sp³-hybridized carbons (Fsp3) is 0.105. The third-order valence-corrected chi connectivity index (χ3v) is 4.28. The van der Waals surface area contributed by atoms with Crippen LogP contribution in [0.3, 0.4) is 0 Å². The summed E-state index contributed by atoms with van der Waals surface area (Å²) in [7, 11) is 0. The summed E-state index contributed by atoms with van der Waals surface area (Å²) < 4.78 is 33.2. The van der Waals surface area contributed by atoms with Crippen molar-refractivity contribution in [1.82, 2.24) is 14.7 Å². The lowest BCUT2D eigenvalue weighted by molar-refractivity contribution is 0.425. The molecule has 0 bridgehead atoms. The van der Waals surface area contributed by atoms with Gasteiger partial charge < -0.3 is 14.2 Å². The number of para-hydroxylation sites is 1. The number of aromatic nitrogens is 3. The van der Waals surface area contributed by atoms with Crippen molar-refractivity contribution in [2.75, 3.05) is 0 Å². The first-order chi connectivity index (χ1) is 13.0. The van der Waals surface area contributed by atoms with Crippen molar-refractivity contribution in [2.24, 2.45) is 0 Å². The van der Waals surface area contributed by atoms with Crippen LogP contribution in [0.5, 0.6) is 5.75 Å². The number of pyridine rings is 1. The van der Waals surface area contributed by atoms with Crippen LogP contribution >= 0.6 is 0 Å². The van der Waals surface area contributed by atoms with Crippen LogP contribution in [0.25, 0.3) is 33.7 Å². The van der Waals surface area contributed by atoms with Crippen LogP contribution in [0.1, 0.15) is 6.92 Å². The molecule has 27 heavy (non-hydrogen) atoms. The van der Waals surface area contributed by atoms with Gasteiger partial charge in [-0.2, -0.15) is 4.98 Å². The maximum Gasteiger partial charge on any atom is 0.267 e. The Morgan fingerprint density at radius 1 is 1.15 bits per heavy atom. The molecule has 0 aliphatic carbocycles. The van der Waals surface area contributed by atoms with Crippen molar-refractivity contribution < 1.29 is 18.4 Å². The van der Waals surface area contributed by atoms with Crippen LogP contribution in [0.15, 0.2) is 51.8 Å². The van der Waals surface area contributed by atoms with Gasteiger partial charge in [0.15, 0.2) is 11.6 Å². The van der Waals surface area contributed by atoms with Crippen LogP contribution in [-0.2, 0) is 6.54 Å². The highest BCUT2D eigenvalue weighted by atomic mass is 19.2. The van der Waals surface area contributed by atoms with E-state index in [-0.39, 0.29) is 28.6 Å². The zero-order valence-electron chi connectivity index (χ0n) is 14.1. The molecule has 0 amide bonds. The summed E-state index contributed by atoms with van der Waals surface area (Å²) in [6.45, 7) is 2.17. The Morgan fingerprint density at radius 3 is 2.67 bits per heavy atom. The van der Waals surface area contributed by atoms with E-state index in [0.29, 0.717) is 17.4 Å². The van der Waals surface area contributed by atoms with Crippen LogP contribution in [-0.4, -0.2) is 19.8 Å². The van der Waals surface area contributed by atoms with Crippen LogP contribution in [0.4, 0.5) is 8.78 Å². The number of rotatable bonds is 3. The van der Waals surface area contributed by atoms with E-state index < -0.39 is 17.2 Å². The number of halogens is 2. The molecule has 0 saturated heterocycles. The van der Waals surface area contributed by atoms with E-state index in [0.717, 1.165) is 12.1 Å². The third kappa shape index (κ3) is 2.66. The van der Waals surface area contributed by atoms with Gasteiger partial charge in [-0.15, -0.1) is 0 Å². The molecule has 0 radical (unpaired) electrons. The van der Waals surface area contributed by atoms with Gasteiger partial charge in [0, 0.05) is 17.5 Å². The molecular weight excluding hydrogens is 356 g/mol. The van der Waals surface area contributed by atoms with Crippen molar-refractivity contribution >= 4 is 10.9 Å². The first-order valence-corrected chi connectivity index (χ1v) is 8.15. The third-order valence-electron chi connectivity index (χ3n) is 4.28. The topological polar surface area (TPSA) is 81.2 Å². The molecule has 0 spiro atoms. The Labute approximate surface area is 151 Å². The summed E-state index contributed by atoms with van der Waals surface area (Å²) in [5.74, 6) is -2.56. The van der Waals surface area contributed by atoms with Gasteiger partial charge in [-0.3, -0.25) is 4.79 Å². The van der Waals surface area contributed by atoms with E-state index >= 15 is 0 Å². The minimum absolute atomic E-state index is 0.0288. The number of aryl methyl sites for hydroxylation is 1. The lowest BCUT2D eigenvalue weighted by Gasteiger charge is -2.11. The monoisotopic (exact) mass is 369 g/mol. The minimum atomic E-state index is -1.05. The van der Waals surface area contributed by atoms with Gasteiger partial charge in [0.25, 0.3) is 11.4 Å². The molecule has 0 fully saturated rings. The maximum absolute atomic E-state index is 13.4. The normalized spacial score (nSPS) is 11.2. The number of hydrogen-bond donors (Lipinski definition) is 1. The molecule has 6 nitrogen and oxygen atoms in total. The number of hydrogen-bond acceptors (Lipinski definition) is 5. The predicted molar refractivity (Wildman–Crippen MR) is 94.2 cm³/mol. The Balaban J connectivity index is 1.92. The first-order valence-electron chi connectivity index (χ1n) is 8.15. The van der Waals surface area contributed by atoms with Gasteiger partial charge >= 0.3 is 0 Å². The highest BCUT2D eigenvalue weighted by Gasteiger charge is 2.22.